The first-order valence-electron chi connectivity index (χ1n) is 6.83. The summed E-state index contributed by atoms with van der Waals surface area (Å²) in [7, 11) is -3.80. The minimum Gasteiger partial charge on any atom is -0.477 e. The molecule has 0 radical (unpaired) electrons. The van der Waals surface area contributed by atoms with Crippen molar-refractivity contribution in [1.82, 2.24) is 14.3 Å². The van der Waals surface area contributed by atoms with E-state index >= 15 is 0 Å². The van der Waals surface area contributed by atoms with Crippen molar-refractivity contribution < 1.29 is 18.3 Å². The van der Waals surface area contributed by atoms with Crippen molar-refractivity contribution in [3.63, 3.8) is 0 Å². The van der Waals surface area contributed by atoms with Crippen molar-refractivity contribution in [2.24, 2.45) is 0 Å². The van der Waals surface area contributed by atoms with Gasteiger partial charge in [-0.15, -0.1) is 11.3 Å². The Morgan fingerprint density at radius 2 is 1.83 bits per heavy atom. The van der Waals surface area contributed by atoms with Crippen LogP contribution in [0, 0.1) is 0 Å². The zero-order valence-corrected chi connectivity index (χ0v) is 13.6. The third kappa shape index (κ3) is 3.05. The summed E-state index contributed by atoms with van der Waals surface area (Å²) in [6, 6.07) is 3.06. The molecule has 1 N–H and O–H groups in total. The number of hydrogen-bond acceptors (Lipinski definition) is 7. The summed E-state index contributed by atoms with van der Waals surface area (Å²) < 4.78 is 26.6. The average Bonchev–Trinajstić information content (AvgIpc) is 3.07. The molecule has 0 atom stereocenters. The molecule has 2 aromatic rings. The van der Waals surface area contributed by atoms with Gasteiger partial charge in [-0.1, -0.05) is 0 Å². The molecule has 0 aromatic carbocycles. The first-order valence-corrected chi connectivity index (χ1v) is 9.15. The van der Waals surface area contributed by atoms with Crippen LogP contribution in [0.1, 0.15) is 9.67 Å². The SMILES string of the molecule is O=C(O)c1sccc1S(=O)(=O)N1CCN(c2ncccn2)CC1. The quantitative estimate of drug-likeness (QED) is 0.864. The molecule has 2 aromatic heterocycles. The molecule has 3 heterocycles. The molecular weight excluding hydrogens is 340 g/mol. The molecule has 1 aliphatic rings. The van der Waals surface area contributed by atoms with Crippen molar-refractivity contribution in [3.8, 4) is 0 Å². The van der Waals surface area contributed by atoms with Gasteiger partial charge in [0, 0.05) is 38.6 Å². The van der Waals surface area contributed by atoms with Crippen LogP contribution in [0.15, 0.2) is 34.8 Å². The van der Waals surface area contributed by atoms with E-state index in [1.54, 1.807) is 18.5 Å². The van der Waals surface area contributed by atoms with Crippen molar-refractivity contribution in [1.29, 1.82) is 0 Å². The number of sulfonamides is 1. The molecular formula is C13H14N4O4S2. The highest BCUT2D eigenvalue weighted by molar-refractivity contribution is 7.89. The minimum atomic E-state index is -3.80. The highest BCUT2D eigenvalue weighted by Crippen LogP contribution is 2.26. The molecule has 23 heavy (non-hydrogen) atoms. The minimum absolute atomic E-state index is 0.139. The second kappa shape index (κ2) is 6.22. The zero-order chi connectivity index (χ0) is 16.4. The Labute approximate surface area is 137 Å². The highest BCUT2D eigenvalue weighted by Gasteiger charge is 2.32. The van der Waals surface area contributed by atoms with Gasteiger partial charge >= 0.3 is 5.97 Å². The number of rotatable bonds is 4. The smallest absolute Gasteiger partial charge is 0.347 e. The lowest BCUT2D eigenvalue weighted by Gasteiger charge is -2.33. The van der Waals surface area contributed by atoms with Crippen molar-refractivity contribution in [3.05, 3.63) is 34.8 Å². The van der Waals surface area contributed by atoms with Crippen LogP contribution in [-0.4, -0.2) is 59.9 Å². The van der Waals surface area contributed by atoms with Crippen molar-refractivity contribution >= 4 is 33.3 Å². The van der Waals surface area contributed by atoms with E-state index in [2.05, 4.69) is 9.97 Å². The molecule has 10 heteroatoms. The monoisotopic (exact) mass is 354 g/mol. The lowest BCUT2D eigenvalue weighted by Crippen LogP contribution is -2.49. The van der Waals surface area contributed by atoms with E-state index in [9.17, 15) is 13.2 Å². The Bertz CT molecular complexity index is 798. The van der Waals surface area contributed by atoms with Crippen LogP contribution in [0.4, 0.5) is 5.95 Å². The van der Waals surface area contributed by atoms with Gasteiger partial charge in [-0.2, -0.15) is 4.31 Å². The fraction of sp³-hybridized carbons (Fsp3) is 0.308. The third-order valence-electron chi connectivity index (χ3n) is 3.51. The molecule has 0 bridgehead atoms. The summed E-state index contributed by atoms with van der Waals surface area (Å²) in [6.07, 6.45) is 3.27. The number of aromatic nitrogens is 2. The molecule has 8 nitrogen and oxygen atoms in total. The number of hydrogen-bond donors (Lipinski definition) is 1. The summed E-state index contributed by atoms with van der Waals surface area (Å²) in [5.74, 6) is -0.666. The fourth-order valence-corrected chi connectivity index (χ4v) is 5.03. The van der Waals surface area contributed by atoms with Gasteiger partial charge in [0.1, 0.15) is 9.77 Å². The van der Waals surface area contributed by atoms with Crippen molar-refractivity contribution in [2.75, 3.05) is 31.1 Å². The highest BCUT2D eigenvalue weighted by atomic mass is 32.2. The van der Waals surface area contributed by atoms with E-state index in [0.29, 0.717) is 19.0 Å². The third-order valence-corrected chi connectivity index (χ3v) is 6.49. The Morgan fingerprint density at radius 3 is 2.43 bits per heavy atom. The van der Waals surface area contributed by atoms with Crippen molar-refractivity contribution in [2.45, 2.75) is 4.90 Å². The largest absolute Gasteiger partial charge is 0.477 e. The normalized spacial score (nSPS) is 16.4. The van der Waals surface area contributed by atoms with E-state index in [4.69, 9.17) is 5.11 Å². The van der Waals surface area contributed by atoms with E-state index in [-0.39, 0.29) is 22.9 Å². The number of thiophene rings is 1. The Kier molecular flexibility index (Phi) is 4.28. The molecule has 0 spiro atoms. The fourth-order valence-electron chi connectivity index (χ4n) is 2.38. The molecule has 3 rings (SSSR count). The lowest BCUT2D eigenvalue weighted by molar-refractivity contribution is 0.0698. The number of anilines is 1. The van der Waals surface area contributed by atoms with Gasteiger partial charge in [0.2, 0.25) is 16.0 Å². The number of nitrogens with zero attached hydrogens (tertiary/aromatic N) is 4. The number of carbonyl (C=O) groups is 1. The van der Waals surface area contributed by atoms with E-state index in [0.717, 1.165) is 11.3 Å². The summed E-state index contributed by atoms with van der Waals surface area (Å²) in [5, 5.41) is 10.6. The van der Waals surface area contributed by atoms with Crippen LogP contribution in [0.3, 0.4) is 0 Å². The zero-order valence-electron chi connectivity index (χ0n) is 12.0. The second-order valence-corrected chi connectivity index (χ2v) is 7.68. The van der Waals surface area contributed by atoms with Gasteiger partial charge in [0.05, 0.1) is 0 Å². The van der Waals surface area contributed by atoms with Crippen LogP contribution >= 0.6 is 11.3 Å². The maximum atomic E-state index is 12.6. The average molecular weight is 354 g/mol. The van der Waals surface area contributed by atoms with Crippen LogP contribution in [0.5, 0.6) is 0 Å². The standard InChI is InChI=1S/C13H14N4O4S2/c18-12(19)11-10(2-9-22-11)23(20,21)17-7-5-16(6-8-17)13-14-3-1-4-15-13/h1-4,9H,5-8H2,(H,18,19). The van der Waals surface area contributed by atoms with Gasteiger partial charge in [-0.05, 0) is 17.5 Å². The molecule has 1 fully saturated rings. The molecule has 122 valence electrons. The Hall–Kier alpha value is -2.04. The number of aromatic carboxylic acids is 1. The first kappa shape index (κ1) is 15.8. The van der Waals surface area contributed by atoms with Crippen LogP contribution in [0.25, 0.3) is 0 Å². The Balaban J connectivity index is 1.76. The number of carboxylic acid groups (broad SMARTS) is 1. The predicted molar refractivity (Wildman–Crippen MR) is 84.3 cm³/mol. The lowest BCUT2D eigenvalue weighted by atomic mass is 10.4. The maximum Gasteiger partial charge on any atom is 0.347 e. The number of carboxylic acids is 1. The van der Waals surface area contributed by atoms with Crippen LogP contribution in [-0.2, 0) is 10.0 Å². The maximum absolute atomic E-state index is 12.6. The van der Waals surface area contributed by atoms with Crippen LogP contribution in [0.2, 0.25) is 0 Å². The molecule has 1 aliphatic heterocycles. The predicted octanol–water partition coefficient (Wildman–Crippen LogP) is 0.747. The summed E-state index contributed by atoms with van der Waals surface area (Å²) in [5.41, 5.74) is 0. The van der Waals surface area contributed by atoms with Gasteiger partial charge in [0.15, 0.2) is 0 Å². The summed E-state index contributed by atoms with van der Waals surface area (Å²) in [6.45, 7) is 1.43. The van der Waals surface area contributed by atoms with E-state index in [1.807, 2.05) is 4.90 Å². The Morgan fingerprint density at radius 1 is 1.17 bits per heavy atom. The van der Waals surface area contributed by atoms with E-state index < -0.39 is 16.0 Å². The van der Waals surface area contributed by atoms with Gasteiger partial charge < -0.3 is 10.0 Å². The van der Waals surface area contributed by atoms with Gasteiger partial charge in [-0.3, -0.25) is 0 Å². The molecule has 0 amide bonds. The molecule has 0 aliphatic carbocycles. The van der Waals surface area contributed by atoms with E-state index in [1.165, 1.54) is 15.8 Å². The number of piperazine rings is 1. The molecule has 0 unspecified atom stereocenters. The molecule has 1 saturated heterocycles. The summed E-state index contributed by atoms with van der Waals surface area (Å²) in [4.78, 5) is 21.1. The summed E-state index contributed by atoms with van der Waals surface area (Å²) >= 11 is 0.910. The van der Waals surface area contributed by atoms with Gasteiger partial charge in [0.25, 0.3) is 0 Å². The van der Waals surface area contributed by atoms with Crippen LogP contribution < -0.4 is 4.90 Å². The molecule has 0 saturated carbocycles. The second-order valence-electron chi connectivity index (χ2n) is 4.86. The first-order chi connectivity index (χ1) is 11.0. The van der Waals surface area contributed by atoms with Gasteiger partial charge in [-0.25, -0.2) is 23.2 Å². The topological polar surface area (TPSA) is 104 Å².